The number of hydrogen-bond donors (Lipinski definition) is 0. The molecule has 88 valence electrons. The maximum Gasteiger partial charge on any atom is 0.348 e. The first-order valence-corrected chi connectivity index (χ1v) is 5.32. The summed E-state index contributed by atoms with van der Waals surface area (Å²) in [6, 6.07) is 6.82. The number of carbonyl (C=O) groups is 1. The van der Waals surface area contributed by atoms with Gasteiger partial charge in [0.15, 0.2) is 0 Å². The lowest BCUT2D eigenvalue weighted by atomic mass is 10.2. The Kier molecular flexibility index (Phi) is 2.90. The molecule has 4 nitrogen and oxygen atoms in total. The van der Waals surface area contributed by atoms with Crippen LogP contribution >= 0.6 is 11.6 Å². The average Bonchev–Trinajstić information content (AvgIpc) is 2.26. The van der Waals surface area contributed by atoms with Crippen LogP contribution in [0.25, 0.3) is 11.0 Å². The van der Waals surface area contributed by atoms with Gasteiger partial charge in [-0.3, -0.25) is 4.79 Å². The molecule has 0 radical (unpaired) electrons. The summed E-state index contributed by atoms with van der Waals surface area (Å²) in [4.78, 5) is 24.3. The highest BCUT2D eigenvalue weighted by Gasteiger charge is 2.11. The lowest BCUT2D eigenvalue weighted by molar-refractivity contribution is 0.107. The Balaban J connectivity index is 2.70. The molecule has 0 fully saturated rings. The molecule has 1 heterocycles. The van der Waals surface area contributed by atoms with E-state index in [1.807, 2.05) is 25.1 Å². The van der Waals surface area contributed by atoms with E-state index in [1.54, 1.807) is 12.1 Å². The Morgan fingerprint density at radius 3 is 2.59 bits per heavy atom. The Hall–Kier alpha value is -1.81. The Morgan fingerprint density at radius 1 is 1.29 bits per heavy atom. The molecule has 0 bridgehead atoms. The minimum absolute atomic E-state index is 0.142. The van der Waals surface area contributed by atoms with Crippen LogP contribution in [-0.2, 0) is 0 Å². The molecule has 0 amide bonds. The van der Waals surface area contributed by atoms with Gasteiger partial charge in [-0.05, 0) is 29.8 Å². The summed E-state index contributed by atoms with van der Waals surface area (Å²) in [5, 5.41) is -0.142. The summed E-state index contributed by atoms with van der Waals surface area (Å²) < 4.78 is 5.06. The standard InChI is InChI=1S/C12H10ClNO3/c1-14(2)8-4-3-7-5-9(11(13)15)12(16)17-10(7)6-8/h3-6H,1-2H3. The summed E-state index contributed by atoms with van der Waals surface area (Å²) in [6.45, 7) is 0. The van der Waals surface area contributed by atoms with Gasteiger partial charge in [-0.25, -0.2) is 4.79 Å². The molecule has 0 saturated carbocycles. The summed E-state index contributed by atoms with van der Waals surface area (Å²) >= 11 is 5.28. The van der Waals surface area contributed by atoms with Gasteiger partial charge >= 0.3 is 5.63 Å². The van der Waals surface area contributed by atoms with Crippen molar-refractivity contribution >= 4 is 33.5 Å². The second kappa shape index (κ2) is 4.22. The van der Waals surface area contributed by atoms with Crippen LogP contribution in [0.3, 0.4) is 0 Å². The summed E-state index contributed by atoms with van der Waals surface area (Å²) in [5.74, 6) is 0. The van der Waals surface area contributed by atoms with E-state index in [2.05, 4.69) is 0 Å². The van der Waals surface area contributed by atoms with Crippen molar-refractivity contribution in [1.29, 1.82) is 0 Å². The molecule has 0 N–H and O–H groups in total. The first-order chi connectivity index (χ1) is 7.99. The summed E-state index contributed by atoms with van der Waals surface area (Å²) in [7, 11) is 3.77. The Bertz CT molecular complexity index is 646. The molecule has 5 heteroatoms. The third kappa shape index (κ3) is 2.17. The molecule has 0 unspecified atom stereocenters. The van der Waals surface area contributed by atoms with Gasteiger partial charge in [0.2, 0.25) is 0 Å². The molecule has 1 aromatic carbocycles. The number of nitrogens with zero attached hydrogens (tertiary/aromatic N) is 1. The molecule has 0 saturated heterocycles. The van der Waals surface area contributed by atoms with E-state index in [-0.39, 0.29) is 5.56 Å². The number of halogens is 1. The molecule has 2 aromatic rings. The van der Waals surface area contributed by atoms with Crippen LogP contribution in [0.5, 0.6) is 0 Å². The van der Waals surface area contributed by atoms with E-state index in [0.29, 0.717) is 11.0 Å². The SMILES string of the molecule is CN(C)c1ccc2cc(C(=O)Cl)c(=O)oc2c1. The predicted molar refractivity (Wildman–Crippen MR) is 67.0 cm³/mol. The Labute approximate surface area is 102 Å². The maximum atomic E-state index is 11.5. The quantitative estimate of drug-likeness (QED) is 0.607. The normalized spacial score (nSPS) is 10.5. The van der Waals surface area contributed by atoms with Crippen molar-refractivity contribution in [2.75, 3.05) is 19.0 Å². The number of carbonyl (C=O) groups excluding carboxylic acids is 1. The highest BCUT2D eigenvalue weighted by atomic mass is 35.5. The van der Waals surface area contributed by atoms with E-state index in [4.69, 9.17) is 16.0 Å². The molecule has 0 aliphatic carbocycles. The number of rotatable bonds is 2. The van der Waals surface area contributed by atoms with E-state index >= 15 is 0 Å². The number of fused-ring (bicyclic) bond motifs is 1. The summed E-state index contributed by atoms with van der Waals surface area (Å²) in [6.07, 6.45) is 0. The number of benzene rings is 1. The van der Waals surface area contributed by atoms with Crippen LogP contribution in [0.4, 0.5) is 5.69 Å². The van der Waals surface area contributed by atoms with Gasteiger partial charge in [0.05, 0.1) is 0 Å². The molecular formula is C12H10ClNO3. The van der Waals surface area contributed by atoms with Crippen molar-refractivity contribution in [3.63, 3.8) is 0 Å². The van der Waals surface area contributed by atoms with Crippen LogP contribution in [0.1, 0.15) is 10.4 Å². The zero-order valence-corrected chi connectivity index (χ0v) is 10.1. The first kappa shape index (κ1) is 11.7. The largest absolute Gasteiger partial charge is 0.422 e. The zero-order chi connectivity index (χ0) is 12.6. The number of anilines is 1. The minimum Gasteiger partial charge on any atom is -0.422 e. The fourth-order valence-corrected chi connectivity index (χ4v) is 1.65. The van der Waals surface area contributed by atoms with Gasteiger partial charge in [-0.1, -0.05) is 0 Å². The molecule has 0 aliphatic heterocycles. The van der Waals surface area contributed by atoms with Crippen LogP contribution in [0.15, 0.2) is 33.5 Å². The van der Waals surface area contributed by atoms with Crippen LogP contribution < -0.4 is 10.5 Å². The predicted octanol–water partition coefficient (Wildman–Crippen LogP) is 2.24. The van der Waals surface area contributed by atoms with Gasteiger partial charge in [0.1, 0.15) is 11.1 Å². The smallest absolute Gasteiger partial charge is 0.348 e. The van der Waals surface area contributed by atoms with E-state index in [1.165, 1.54) is 6.07 Å². The summed E-state index contributed by atoms with van der Waals surface area (Å²) in [5.41, 5.74) is 0.485. The third-order valence-electron chi connectivity index (χ3n) is 2.45. The lowest BCUT2D eigenvalue weighted by Crippen LogP contribution is -2.11. The van der Waals surface area contributed by atoms with Gasteiger partial charge in [-0.2, -0.15) is 0 Å². The zero-order valence-electron chi connectivity index (χ0n) is 9.36. The van der Waals surface area contributed by atoms with Crippen LogP contribution in [0.2, 0.25) is 0 Å². The van der Waals surface area contributed by atoms with Crippen molar-refractivity contribution in [1.82, 2.24) is 0 Å². The fourth-order valence-electron chi connectivity index (χ4n) is 1.52. The molecule has 0 spiro atoms. The van der Waals surface area contributed by atoms with Gasteiger partial charge in [-0.15, -0.1) is 0 Å². The fraction of sp³-hybridized carbons (Fsp3) is 0.167. The number of hydrogen-bond acceptors (Lipinski definition) is 4. The topological polar surface area (TPSA) is 50.5 Å². The second-order valence-corrected chi connectivity index (χ2v) is 4.18. The third-order valence-corrected chi connectivity index (χ3v) is 2.65. The van der Waals surface area contributed by atoms with Crippen LogP contribution in [-0.4, -0.2) is 19.3 Å². The molecule has 2 rings (SSSR count). The second-order valence-electron chi connectivity index (χ2n) is 3.84. The van der Waals surface area contributed by atoms with Crippen LogP contribution in [0, 0.1) is 0 Å². The minimum atomic E-state index is -0.808. The monoisotopic (exact) mass is 251 g/mol. The van der Waals surface area contributed by atoms with Crippen molar-refractivity contribution in [3.05, 3.63) is 40.2 Å². The van der Waals surface area contributed by atoms with Gasteiger partial charge < -0.3 is 9.32 Å². The van der Waals surface area contributed by atoms with E-state index < -0.39 is 10.9 Å². The Morgan fingerprint density at radius 2 is 2.00 bits per heavy atom. The van der Waals surface area contributed by atoms with Gasteiger partial charge in [0, 0.05) is 31.2 Å². The van der Waals surface area contributed by atoms with Gasteiger partial charge in [0.25, 0.3) is 5.24 Å². The maximum absolute atomic E-state index is 11.5. The lowest BCUT2D eigenvalue weighted by Gasteiger charge is -2.12. The first-order valence-electron chi connectivity index (χ1n) is 4.94. The molecular weight excluding hydrogens is 242 g/mol. The average molecular weight is 252 g/mol. The highest BCUT2D eigenvalue weighted by molar-refractivity contribution is 6.67. The van der Waals surface area contributed by atoms with E-state index in [9.17, 15) is 9.59 Å². The molecule has 0 atom stereocenters. The molecule has 17 heavy (non-hydrogen) atoms. The molecule has 0 aliphatic rings. The molecule has 1 aromatic heterocycles. The van der Waals surface area contributed by atoms with Crippen molar-refractivity contribution < 1.29 is 9.21 Å². The van der Waals surface area contributed by atoms with E-state index in [0.717, 1.165) is 5.69 Å². The van der Waals surface area contributed by atoms with Crippen molar-refractivity contribution in [3.8, 4) is 0 Å². The van der Waals surface area contributed by atoms with Crippen molar-refractivity contribution in [2.24, 2.45) is 0 Å². The van der Waals surface area contributed by atoms with Crippen molar-refractivity contribution in [2.45, 2.75) is 0 Å². The highest BCUT2D eigenvalue weighted by Crippen LogP contribution is 2.20.